The number of allylic oxidation sites excluding steroid dienone is 1. The Balaban J connectivity index is 2.21. The van der Waals surface area contributed by atoms with Gasteiger partial charge in [-0.05, 0) is 13.8 Å². The molecule has 2 heterocycles. The lowest BCUT2D eigenvalue weighted by Crippen LogP contribution is -2.49. The van der Waals surface area contributed by atoms with Crippen LogP contribution in [0.25, 0.3) is 0 Å². The SMILES string of the molecule is CC(C)=CCN1c2c(n(CC(F)(F)F)c(=O)[nH]c2=O)N(CC(=O)c2ccccc2)C1OCCN. The molecule has 0 spiro atoms. The van der Waals surface area contributed by atoms with E-state index in [1.54, 1.807) is 36.4 Å². The Bertz CT molecular complexity index is 1170. The van der Waals surface area contributed by atoms with Gasteiger partial charge in [-0.1, -0.05) is 42.0 Å². The summed E-state index contributed by atoms with van der Waals surface area (Å²) >= 11 is 0. The molecule has 0 saturated heterocycles. The molecule has 34 heavy (non-hydrogen) atoms. The van der Waals surface area contributed by atoms with E-state index in [1.807, 2.05) is 18.8 Å². The van der Waals surface area contributed by atoms with Gasteiger partial charge in [-0.2, -0.15) is 13.2 Å². The number of anilines is 2. The van der Waals surface area contributed by atoms with Crippen LogP contribution in [0.1, 0.15) is 24.2 Å². The fourth-order valence-corrected chi connectivity index (χ4v) is 3.65. The van der Waals surface area contributed by atoms with E-state index in [9.17, 15) is 27.6 Å². The van der Waals surface area contributed by atoms with E-state index in [4.69, 9.17) is 10.5 Å². The molecule has 1 unspecified atom stereocenters. The Morgan fingerprint density at radius 3 is 2.44 bits per heavy atom. The van der Waals surface area contributed by atoms with Crippen LogP contribution in [-0.4, -0.2) is 54.1 Å². The topological polar surface area (TPSA) is 114 Å². The van der Waals surface area contributed by atoms with Crippen LogP contribution < -0.4 is 26.8 Å². The van der Waals surface area contributed by atoms with E-state index in [0.29, 0.717) is 10.1 Å². The van der Waals surface area contributed by atoms with Crippen LogP contribution in [0.4, 0.5) is 24.7 Å². The molecule has 0 saturated carbocycles. The Kier molecular flexibility index (Phi) is 7.62. The molecule has 1 aromatic carbocycles. The summed E-state index contributed by atoms with van der Waals surface area (Å²) in [6.07, 6.45) is -4.14. The second-order valence-electron chi connectivity index (χ2n) is 7.97. The number of benzene rings is 1. The highest BCUT2D eigenvalue weighted by molar-refractivity contribution is 6.00. The maximum atomic E-state index is 13.4. The molecule has 1 aromatic heterocycles. The first-order valence-corrected chi connectivity index (χ1v) is 10.5. The summed E-state index contributed by atoms with van der Waals surface area (Å²) in [6, 6.07) is 8.15. The van der Waals surface area contributed by atoms with E-state index in [1.165, 1.54) is 9.80 Å². The molecule has 1 aliphatic rings. The number of fused-ring (bicyclic) bond motifs is 1. The molecule has 0 aliphatic carbocycles. The van der Waals surface area contributed by atoms with Crippen molar-refractivity contribution in [2.45, 2.75) is 32.9 Å². The number of Topliss-reactive ketones (excluding diaryl/α,β-unsaturated/α-hetero) is 1. The van der Waals surface area contributed by atoms with E-state index in [0.717, 1.165) is 5.57 Å². The van der Waals surface area contributed by atoms with Gasteiger partial charge in [0, 0.05) is 18.7 Å². The van der Waals surface area contributed by atoms with Gasteiger partial charge < -0.3 is 20.3 Å². The first-order chi connectivity index (χ1) is 16.0. The van der Waals surface area contributed by atoms with Crippen LogP contribution in [-0.2, 0) is 11.3 Å². The second kappa shape index (κ2) is 10.3. The van der Waals surface area contributed by atoms with Gasteiger partial charge in [-0.25, -0.2) is 4.79 Å². The molecule has 9 nitrogen and oxygen atoms in total. The average Bonchev–Trinajstić information content (AvgIpc) is 3.07. The molecule has 0 fully saturated rings. The fourth-order valence-electron chi connectivity index (χ4n) is 3.65. The number of alkyl halides is 3. The van der Waals surface area contributed by atoms with E-state index in [2.05, 4.69) is 0 Å². The molecule has 0 radical (unpaired) electrons. The second-order valence-corrected chi connectivity index (χ2v) is 7.97. The summed E-state index contributed by atoms with van der Waals surface area (Å²) in [7, 11) is 0. The number of hydrogen-bond acceptors (Lipinski definition) is 7. The third kappa shape index (κ3) is 5.57. The van der Waals surface area contributed by atoms with Gasteiger partial charge in [0.25, 0.3) is 5.56 Å². The molecule has 184 valence electrons. The highest BCUT2D eigenvalue weighted by Gasteiger charge is 2.43. The van der Waals surface area contributed by atoms with Gasteiger partial charge in [-0.3, -0.25) is 19.1 Å². The molecule has 0 bridgehead atoms. The molecular formula is C22H26F3N5O4. The number of carbonyl (C=O) groups excluding carboxylic acids is 1. The van der Waals surface area contributed by atoms with Crippen LogP contribution in [0.15, 0.2) is 51.6 Å². The molecule has 1 atom stereocenters. The standard InChI is InChI=1S/C22H26F3N5O4/c1-14(2)8-10-28-17-18(32)27-20(33)30(13-22(23,24)25)19(17)29(21(28)34-11-9-26)12-16(31)15-6-4-3-5-7-15/h3-8,21H,9-13,26H2,1-2H3,(H,27,32,33). The lowest BCUT2D eigenvalue weighted by molar-refractivity contribution is -0.141. The normalized spacial score (nSPS) is 15.4. The zero-order valence-electron chi connectivity index (χ0n) is 18.8. The summed E-state index contributed by atoms with van der Waals surface area (Å²) in [5.74, 6) is -0.761. The van der Waals surface area contributed by atoms with Crippen molar-refractivity contribution in [3.8, 4) is 0 Å². The predicted molar refractivity (Wildman–Crippen MR) is 121 cm³/mol. The average molecular weight is 481 g/mol. The summed E-state index contributed by atoms with van der Waals surface area (Å²) < 4.78 is 46.4. The lowest BCUT2D eigenvalue weighted by Gasteiger charge is -2.31. The van der Waals surface area contributed by atoms with Gasteiger partial charge in [0.05, 0.1) is 13.2 Å². The van der Waals surface area contributed by atoms with Crippen molar-refractivity contribution in [2.75, 3.05) is 36.0 Å². The van der Waals surface area contributed by atoms with Crippen molar-refractivity contribution in [2.24, 2.45) is 5.73 Å². The van der Waals surface area contributed by atoms with Gasteiger partial charge in [0.1, 0.15) is 18.1 Å². The molecule has 2 aromatic rings. The van der Waals surface area contributed by atoms with E-state index >= 15 is 0 Å². The number of carbonyl (C=O) groups is 1. The third-order valence-corrected chi connectivity index (χ3v) is 5.07. The number of nitrogens with two attached hydrogens (primary N) is 1. The van der Waals surface area contributed by atoms with Crippen molar-refractivity contribution in [3.05, 3.63) is 68.4 Å². The third-order valence-electron chi connectivity index (χ3n) is 5.07. The van der Waals surface area contributed by atoms with Crippen molar-refractivity contribution < 1.29 is 22.7 Å². The monoisotopic (exact) mass is 481 g/mol. The molecule has 12 heteroatoms. The molecule has 3 N–H and O–H groups in total. The predicted octanol–water partition coefficient (Wildman–Crippen LogP) is 1.83. The molecule has 1 aliphatic heterocycles. The highest BCUT2D eigenvalue weighted by Crippen LogP contribution is 2.37. The number of H-pyrrole nitrogens is 1. The summed E-state index contributed by atoms with van der Waals surface area (Å²) in [4.78, 5) is 42.9. The number of hydrogen-bond donors (Lipinski definition) is 2. The van der Waals surface area contributed by atoms with E-state index < -0.39 is 42.6 Å². The molecule has 3 rings (SSSR count). The Morgan fingerprint density at radius 2 is 1.85 bits per heavy atom. The maximum Gasteiger partial charge on any atom is 0.406 e. The number of ketones is 1. The lowest BCUT2D eigenvalue weighted by atomic mass is 10.1. The van der Waals surface area contributed by atoms with E-state index in [-0.39, 0.29) is 31.2 Å². The van der Waals surface area contributed by atoms with Gasteiger partial charge in [-0.15, -0.1) is 0 Å². The zero-order valence-corrected chi connectivity index (χ0v) is 18.8. The van der Waals surface area contributed by atoms with Crippen molar-refractivity contribution in [1.82, 2.24) is 9.55 Å². The van der Waals surface area contributed by atoms with Crippen LogP contribution in [0.2, 0.25) is 0 Å². The molecule has 0 amide bonds. The molecular weight excluding hydrogens is 455 g/mol. The minimum atomic E-state index is -4.76. The zero-order chi connectivity index (χ0) is 25.0. The number of halogens is 3. The van der Waals surface area contributed by atoms with Crippen molar-refractivity contribution in [1.29, 1.82) is 0 Å². The minimum Gasteiger partial charge on any atom is -0.339 e. The summed E-state index contributed by atoms with van der Waals surface area (Å²) in [5, 5.41) is 0. The minimum absolute atomic E-state index is 0.00140. The van der Waals surface area contributed by atoms with Crippen LogP contribution in [0, 0.1) is 0 Å². The maximum absolute atomic E-state index is 13.4. The fraction of sp³-hybridized carbons (Fsp3) is 0.409. The Morgan fingerprint density at radius 1 is 1.18 bits per heavy atom. The number of aromatic amines is 1. The summed E-state index contributed by atoms with van der Waals surface area (Å²) in [6.45, 7) is 1.74. The Hall–Kier alpha value is -3.38. The van der Waals surface area contributed by atoms with Crippen LogP contribution in [0.5, 0.6) is 0 Å². The first-order valence-electron chi connectivity index (χ1n) is 10.5. The van der Waals surface area contributed by atoms with Crippen molar-refractivity contribution in [3.63, 3.8) is 0 Å². The number of aromatic nitrogens is 2. The first kappa shape index (κ1) is 25.2. The van der Waals surface area contributed by atoms with Gasteiger partial charge >= 0.3 is 11.9 Å². The summed E-state index contributed by atoms with van der Waals surface area (Å²) in [5.41, 5.74) is 4.47. The Labute approximate surface area is 193 Å². The number of ether oxygens (including phenoxy) is 1. The van der Waals surface area contributed by atoms with Crippen LogP contribution >= 0.6 is 0 Å². The quantitative estimate of drug-likeness (QED) is 0.415. The number of nitrogens with one attached hydrogen (secondary N) is 1. The van der Waals surface area contributed by atoms with Gasteiger partial charge in [0.2, 0.25) is 6.35 Å². The van der Waals surface area contributed by atoms with Crippen LogP contribution in [0.3, 0.4) is 0 Å². The number of nitrogens with zero attached hydrogens (tertiary/aromatic N) is 3. The van der Waals surface area contributed by atoms with Gasteiger partial charge in [0.15, 0.2) is 5.78 Å². The smallest absolute Gasteiger partial charge is 0.339 e. The largest absolute Gasteiger partial charge is 0.406 e. The van der Waals surface area contributed by atoms with Crippen molar-refractivity contribution >= 4 is 17.3 Å². The number of rotatable bonds is 9. The highest BCUT2D eigenvalue weighted by atomic mass is 19.4.